The van der Waals surface area contributed by atoms with Crippen molar-refractivity contribution in [2.75, 3.05) is 0 Å². The predicted molar refractivity (Wildman–Crippen MR) is 76.1 cm³/mol. The van der Waals surface area contributed by atoms with E-state index in [1.165, 1.54) is 0 Å². The summed E-state index contributed by atoms with van der Waals surface area (Å²) in [4.78, 5) is 16.2. The Hall–Kier alpha value is -2.83. The molecule has 7 nitrogen and oxygen atoms in total. The van der Waals surface area contributed by atoms with E-state index in [-0.39, 0.29) is 17.8 Å². The number of nitrogens with one attached hydrogen (secondary N) is 1. The van der Waals surface area contributed by atoms with Gasteiger partial charge in [0.15, 0.2) is 5.84 Å². The van der Waals surface area contributed by atoms with Crippen LogP contribution in [0.2, 0.25) is 0 Å². The lowest BCUT2D eigenvalue weighted by atomic mass is 10.1. The van der Waals surface area contributed by atoms with Crippen molar-refractivity contribution in [2.24, 2.45) is 10.9 Å². The molecule has 7 heteroatoms. The lowest BCUT2D eigenvalue weighted by Crippen LogP contribution is -2.27. The maximum Gasteiger partial charge on any atom is 0.251 e. The van der Waals surface area contributed by atoms with E-state index in [2.05, 4.69) is 15.5 Å². The third-order valence-corrected chi connectivity index (χ3v) is 2.91. The molecule has 1 unspecified atom stereocenters. The number of nitrogens with two attached hydrogens (primary N) is 1. The Morgan fingerprint density at radius 3 is 2.52 bits per heavy atom. The number of aromatic nitrogens is 1. The Balaban J connectivity index is 2.06. The van der Waals surface area contributed by atoms with Crippen LogP contribution in [0.3, 0.4) is 0 Å². The van der Waals surface area contributed by atoms with Crippen LogP contribution >= 0.6 is 0 Å². The van der Waals surface area contributed by atoms with Crippen molar-refractivity contribution >= 4 is 11.7 Å². The van der Waals surface area contributed by atoms with E-state index in [0.717, 1.165) is 0 Å². The van der Waals surface area contributed by atoms with Crippen molar-refractivity contribution in [1.82, 2.24) is 10.3 Å². The molecule has 0 saturated carbocycles. The van der Waals surface area contributed by atoms with Crippen LogP contribution in [0, 0.1) is 6.92 Å². The molecule has 1 aromatic heterocycles. The van der Waals surface area contributed by atoms with Crippen molar-refractivity contribution < 1.29 is 14.4 Å². The number of benzene rings is 1. The number of amidine groups is 1. The summed E-state index contributed by atoms with van der Waals surface area (Å²) in [6.45, 7) is 3.57. The second kappa shape index (κ2) is 6.08. The molecule has 2 rings (SSSR count). The largest absolute Gasteiger partial charge is 0.444 e. The number of oxazole rings is 1. The summed E-state index contributed by atoms with van der Waals surface area (Å²) >= 11 is 0. The van der Waals surface area contributed by atoms with Crippen LogP contribution in [0.5, 0.6) is 0 Å². The third-order valence-electron chi connectivity index (χ3n) is 2.91. The predicted octanol–water partition coefficient (Wildman–Crippen LogP) is 1.57. The van der Waals surface area contributed by atoms with Crippen molar-refractivity contribution in [3.8, 4) is 0 Å². The monoisotopic (exact) mass is 288 g/mol. The van der Waals surface area contributed by atoms with Crippen LogP contribution in [0.25, 0.3) is 0 Å². The van der Waals surface area contributed by atoms with E-state index in [1.54, 1.807) is 44.3 Å². The van der Waals surface area contributed by atoms with Crippen LogP contribution in [0.4, 0.5) is 0 Å². The smallest absolute Gasteiger partial charge is 0.251 e. The van der Waals surface area contributed by atoms with Crippen molar-refractivity contribution in [2.45, 2.75) is 19.9 Å². The molecule has 1 heterocycles. The Bertz CT molecular complexity index is 661. The summed E-state index contributed by atoms with van der Waals surface area (Å²) < 4.78 is 5.36. The Morgan fingerprint density at radius 2 is 2.00 bits per heavy atom. The Kier molecular flexibility index (Phi) is 4.22. The number of oxime groups is 1. The molecule has 0 aliphatic carbocycles. The first-order valence-corrected chi connectivity index (χ1v) is 6.32. The quantitative estimate of drug-likeness (QED) is 0.342. The van der Waals surface area contributed by atoms with E-state index in [0.29, 0.717) is 22.8 Å². The van der Waals surface area contributed by atoms with Crippen LogP contribution < -0.4 is 11.1 Å². The first kappa shape index (κ1) is 14.6. The van der Waals surface area contributed by atoms with Gasteiger partial charge in [-0.05, 0) is 26.0 Å². The highest BCUT2D eigenvalue weighted by Crippen LogP contribution is 2.13. The molecule has 1 atom stereocenters. The van der Waals surface area contributed by atoms with E-state index >= 15 is 0 Å². The molecule has 0 radical (unpaired) electrons. The first-order valence-electron chi connectivity index (χ1n) is 6.32. The second-order valence-corrected chi connectivity index (χ2v) is 4.57. The Labute approximate surface area is 121 Å². The third kappa shape index (κ3) is 3.38. The molecular formula is C14H16N4O3. The molecule has 0 aliphatic heterocycles. The van der Waals surface area contributed by atoms with Crippen LogP contribution in [-0.2, 0) is 0 Å². The molecule has 1 aromatic carbocycles. The molecule has 0 spiro atoms. The summed E-state index contributed by atoms with van der Waals surface area (Å²) in [5.41, 5.74) is 6.45. The van der Waals surface area contributed by atoms with Crippen LogP contribution in [-0.4, -0.2) is 21.9 Å². The molecule has 0 aliphatic rings. The minimum atomic E-state index is -0.338. The molecule has 110 valence electrons. The zero-order valence-electron chi connectivity index (χ0n) is 11.7. The average molecular weight is 288 g/mol. The van der Waals surface area contributed by atoms with Gasteiger partial charge in [-0.15, -0.1) is 0 Å². The molecule has 0 fully saturated rings. The molecule has 0 saturated heterocycles. The van der Waals surface area contributed by atoms with Crippen molar-refractivity contribution in [3.05, 3.63) is 53.2 Å². The Morgan fingerprint density at radius 1 is 1.38 bits per heavy atom. The highest BCUT2D eigenvalue weighted by Gasteiger charge is 2.15. The fourth-order valence-electron chi connectivity index (χ4n) is 1.76. The maximum absolute atomic E-state index is 12.1. The summed E-state index contributed by atoms with van der Waals surface area (Å²) in [7, 11) is 0. The zero-order chi connectivity index (χ0) is 15.4. The molecular weight excluding hydrogens is 272 g/mol. The summed E-state index contributed by atoms with van der Waals surface area (Å²) in [6.07, 6.45) is 1.60. The summed E-state index contributed by atoms with van der Waals surface area (Å²) in [6, 6.07) is 6.05. The van der Waals surface area contributed by atoms with E-state index in [9.17, 15) is 4.79 Å². The number of carbonyl (C=O) groups is 1. The zero-order valence-corrected chi connectivity index (χ0v) is 11.7. The molecule has 21 heavy (non-hydrogen) atoms. The summed E-state index contributed by atoms with van der Waals surface area (Å²) in [5, 5.41) is 14.3. The number of hydrogen-bond donors (Lipinski definition) is 3. The van der Waals surface area contributed by atoms with Crippen molar-refractivity contribution in [3.63, 3.8) is 0 Å². The highest BCUT2D eigenvalue weighted by atomic mass is 16.4. The van der Waals surface area contributed by atoms with Gasteiger partial charge in [0.2, 0.25) is 5.89 Å². The standard InChI is InChI=1S/C14H16N4O3/c1-8-7-16-14(21-8)9(2)17-13(19)11-5-3-10(4-6-11)12(15)18-20/h3-7,9,20H,1-2H3,(H2,15,18)(H,17,19). The number of aryl methyl sites for hydroxylation is 1. The topological polar surface area (TPSA) is 114 Å². The normalized spacial score (nSPS) is 13.0. The van der Waals surface area contributed by atoms with Gasteiger partial charge in [-0.2, -0.15) is 0 Å². The second-order valence-electron chi connectivity index (χ2n) is 4.57. The number of carbonyl (C=O) groups excluding carboxylic acids is 1. The minimum absolute atomic E-state index is 0.00872. The van der Waals surface area contributed by atoms with Gasteiger partial charge in [-0.25, -0.2) is 4.98 Å². The lowest BCUT2D eigenvalue weighted by molar-refractivity contribution is 0.0934. The number of hydrogen-bond acceptors (Lipinski definition) is 5. The minimum Gasteiger partial charge on any atom is -0.444 e. The highest BCUT2D eigenvalue weighted by molar-refractivity contribution is 5.99. The van der Waals surface area contributed by atoms with Gasteiger partial charge in [-0.3, -0.25) is 4.79 Å². The van der Waals surface area contributed by atoms with Gasteiger partial charge >= 0.3 is 0 Å². The molecule has 0 bridgehead atoms. The van der Waals surface area contributed by atoms with Crippen molar-refractivity contribution in [1.29, 1.82) is 0 Å². The van der Waals surface area contributed by atoms with Gasteiger partial charge in [0.1, 0.15) is 11.8 Å². The average Bonchev–Trinajstić information content (AvgIpc) is 2.93. The van der Waals surface area contributed by atoms with Gasteiger partial charge < -0.3 is 20.7 Å². The van der Waals surface area contributed by atoms with E-state index in [1.807, 2.05) is 0 Å². The van der Waals surface area contributed by atoms with Gasteiger partial charge in [0, 0.05) is 11.1 Å². The lowest BCUT2D eigenvalue weighted by Gasteiger charge is -2.10. The number of nitrogens with zero attached hydrogens (tertiary/aromatic N) is 2. The van der Waals surface area contributed by atoms with Crippen LogP contribution in [0.15, 0.2) is 40.0 Å². The van der Waals surface area contributed by atoms with Gasteiger partial charge in [-0.1, -0.05) is 17.3 Å². The van der Waals surface area contributed by atoms with Gasteiger partial charge in [0.25, 0.3) is 5.91 Å². The number of rotatable bonds is 4. The fourth-order valence-corrected chi connectivity index (χ4v) is 1.76. The van der Waals surface area contributed by atoms with Crippen LogP contribution in [0.1, 0.15) is 40.5 Å². The van der Waals surface area contributed by atoms with E-state index in [4.69, 9.17) is 15.4 Å². The molecule has 4 N–H and O–H groups in total. The molecule has 1 amide bonds. The maximum atomic E-state index is 12.1. The molecule has 2 aromatic rings. The van der Waals surface area contributed by atoms with Gasteiger partial charge in [0.05, 0.1) is 6.20 Å². The SMILES string of the molecule is Cc1cnc(C(C)NC(=O)c2ccc(/C(N)=N/O)cc2)o1. The van der Waals surface area contributed by atoms with E-state index < -0.39 is 0 Å². The number of amides is 1. The first-order chi connectivity index (χ1) is 10.0. The fraction of sp³-hybridized carbons (Fsp3) is 0.214. The summed E-state index contributed by atoms with van der Waals surface area (Å²) in [5.74, 6) is 0.873.